The lowest BCUT2D eigenvalue weighted by molar-refractivity contribution is -0.385. The van der Waals surface area contributed by atoms with Gasteiger partial charge in [-0.2, -0.15) is 0 Å². The number of carbonyl (C=O) groups is 1. The number of nitrogens with one attached hydrogen (secondary N) is 1. The molecule has 1 aromatic rings. The molecule has 0 radical (unpaired) electrons. The molecule has 0 spiro atoms. The molecule has 2 rings (SSSR count). The van der Waals surface area contributed by atoms with Gasteiger partial charge >= 0.3 is 0 Å². The number of nitrogens with two attached hydrogens (primary N) is 1. The summed E-state index contributed by atoms with van der Waals surface area (Å²) >= 11 is 1.45. The van der Waals surface area contributed by atoms with Gasteiger partial charge < -0.3 is 11.1 Å². The van der Waals surface area contributed by atoms with Crippen molar-refractivity contribution in [2.45, 2.75) is 30.2 Å². The fourth-order valence-electron chi connectivity index (χ4n) is 2.74. The Morgan fingerprint density at radius 3 is 2.82 bits per heavy atom. The Bertz CT molecular complexity index is 556. The largest absolute Gasteiger partial charge is 0.349 e. The van der Waals surface area contributed by atoms with Crippen molar-refractivity contribution in [2.24, 2.45) is 11.7 Å². The van der Waals surface area contributed by atoms with Crippen LogP contribution in [-0.2, 0) is 0 Å². The van der Waals surface area contributed by atoms with E-state index in [9.17, 15) is 14.9 Å². The van der Waals surface area contributed by atoms with Crippen LogP contribution in [-0.4, -0.2) is 29.7 Å². The lowest BCUT2D eigenvalue weighted by Gasteiger charge is -2.19. The molecule has 1 amide bonds. The number of carbonyl (C=O) groups excluding carboxylic acids is 1. The smallest absolute Gasteiger partial charge is 0.282 e. The van der Waals surface area contributed by atoms with E-state index in [1.807, 2.05) is 6.26 Å². The van der Waals surface area contributed by atoms with Crippen molar-refractivity contribution >= 4 is 35.8 Å². The summed E-state index contributed by atoms with van der Waals surface area (Å²) in [5.74, 6) is -0.125. The van der Waals surface area contributed by atoms with Crippen LogP contribution >= 0.6 is 24.2 Å². The van der Waals surface area contributed by atoms with Gasteiger partial charge in [-0.15, -0.1) is 24.2 Å². The van der Waals surface area contributed by atoms with Gasteiger partial charge in [0.1, 0.15) is 5.56 Å². The Kier molecular flexibility index (Phi) is 7.12. The summed E-state index contributed by atoms with van der Waals surface area (Å²) in [6.45, 7) is 0.526. The summed E-state index contributed by atoms with van der Waals surface area (Å²) in [5.41, 5.74) is 5.66. The number of halogens is 1. The molecule has 2 unspecified atom stereocenters. The Balaban J connectivity index is 0.00000242. The topological polar surface area (TPSA) is 98.3 Å². The molecule has 0 saturated heterocycles. The maximum absolute atomic E-state index is 12.4. The van der Waals surface area contributed by atoms with Gasteiger partial charge in [-0.25, -0.2) is 0 Å². The van der Waals surface area contributed by atoms with Crippen LogP contribution in [0.2, 0.25) is 0 Å². The second-order valence-electron chi connectivity index (χ2n) is 5.15. The molecule has 6 nitrogen and oxygen atoms in total. The van der Waals surface area contributed by atoms with Crippen LogP contribution in [0.25, 0.3) is 0 Å². The van der Waals surface area contributed by atoms with Gasteiger partial charge in [0, 0.05) is 17.0 Å². The first kappa shape index (κ1) is 18.7. The highest BCUT2D eigenvalue weighted by atomic mass is 35.5. The molecule has 8 heteroatoms. The van der Waals surface area contributed by atoms with Crippen LogP contribution in [0, 0.1) is 16.0 Å². The highest BCUT2D eigenvalue weighted by Gasteiger charge is 2.29. The number of rotatable bonds is 5. The van der Waals surface area contributed by atoms with E-state index >= 15 is 0 Å². The van der Waals surface area contributed by atoms with E-state index in [0.717, 1.165) is 24.2 Å². The fraction of sp³-hybridized carbons (Fsp3) is 0.500. The quantitative estimate of drug-likeness (QED) is 0.485. The zero-order valence-electron chi connectivity index (χ0n) is 12.3. The van der Waals surface area contributed by atoms with Gasteiger partial charge in [-0.1, -0.05) is 6.42 Å². The van der Waals surface area contributed by atoms with E-state index < -0.39 is 4.92 Å². The van der Waals surface area contributed by atoms with Gasteiger partial charge in [-0.05, 0) is 43.7 Å². The Labute approximate surface area is 139 Å². The summed E-state index contributed by atoms with van der Waals surface area (Å²) in [7, 11) is 0. The number of hydrogen-bond acceptors (Lipinski definition) is 5. The van der Waals surface area contributed by atoms with Gasteiger partial charge in [-0.3, -0.25) is 14.9 Å². The molecule has 1 aliphatic carbocycles. The zero-order chi connectivity index (χ0) is 15.4. The van der Waals surface area contributed by atoms with E-state index in [4.69, 9.17) is 5.73 Å². The number of thioether (sulfide) groups is 1. The zero-order valence-corrected chi connectivity index (χ0v) is 13.9. The van der Waals surface area contributed by atoms with Crippen LogP contribution in [0.1, 0.15) is 29.6 Å². The van der Waals surface area contributed by atoms with E-state index in [1.54, 1.807) is 12.1 Å². The van der Waals surface area contributed by atoms with Gasteiger partial charge in [0.2, 0.25) is 0 Å². The average molecular weight is 346 g/mol. The first-order chi connectivity index (χ1) is 10.1. The van der Waals surface area contributed by atoms with Crippen LogP contribution in [0.3, 0.4) is 0 Å². The van der Waals surface area contributed by atoms with Crippen molar-refractivity contribution in [1.82, 2.24) is 5.32 Å². The molecule has 0 aromatic heterocycles. The first-order valence-corrected chi connectivity index (χ1v) is 8.12. The fourth-order valence-corrected chi connectivity index (χ4v) is 3.18. The number of nitro benzene ring substituents is 1. The highest BCUT2D eigenvalue weighted by Crippen LogP contribution is 2.27. The third-order valence-electron chi connectivity index (χ3n) is 3.92. The molecule has 1 fully saturated rings. The van der Waals surface area contributed by atoms with Crippen LogP contribution in [0.5, 0.6) is 0 Å². The van der Waals surface area contributed by atoms with Crippen molar-refractivity contribution in [3.8, 4) is 0 Å². The summed E-state index contributed by atoms with van der Waals surface area (Å²) in [4.78, 5) is 23.8. The lowest BCUT2D eigenvalue weighted by atomic mass is 10.0. The third-order valence-corrected chi connectivity index (χ3v) is 4.65. The number of nitro groups is 1. The van der Waals surface area contributed by atoms with Gasteiger partial charge in [0.25, 0.3) is 11.6 Å². The van der Waals surface area contributed by atoms with Crippen LogP contribution in [0.4, 0.5) is 5.69 Å². The van der Waals surface area contributed by atoms with Gasteiger partial charge in [0.15, 0.2) is 0 Å². The SMILES string of the molecule is CSc1ccc([N+](=O)[O-])c(C(=O)NC2CCCC2CN)c1.Cl. The molecular weight excluding hydrogens is 326 g/mol. The van der Waals surface area contributed by atoms with Crippen molar-refractivity contribution in [3.05, 3.63) is 33.9 Å². The van der Waals surface area contributed by atoms with Crippen molar-refractivity contribution in [1.29, 1.82) is 0 Å². The molecule has 1 aliphatic rings. The lowest BCUT2D eigenvalue weighted by Crippen LogP contribution is -2.40. The van der Waals surface area contributed by atoms with Crippen LogP contribution in [0.15, 0.2) is 23.1 Å². The monoisotopic (exact) mass is 345 g/mol. The summed E-state index contributed by atoms with van der Waals surface area (Å²) in [6, 6.07) is 4.62. The maximum atomic E-state index is 12.4. The second-order valence-corrected chi connectivity index (χ2v) is 6.03. The average Bonchev–Trinajstić information content (AvgIpc) is 2.93. The third kappa shape index (κ3) is 4.12. The summed E-state index contributed by atoms with van der Waals surface area (Å²) < 4.78 is 0. The molecule has 2 atom stereocenters. The second kappa shape index (κ2) is 8.36. The molecule has 0 aliphatic heterocycles. The number of hydrogen-bond donors (Lipinski definition) is 2. The molecule has 22 heavy (non-hydrogen) atoms. The Morgan fingerprint density at radius 2 is 2.23 bits per heavy atom. The van der Waals surface area contributed by atoms with Crippen molar-refractivity contribution in [2.75, 3.05) is 12.8 Å². The molecule has 3 N–H and O–H groups in total. The standard InChI is InChI=1S/C14H19N3O3S.ClH/c1-21-10-5-6-13(17(19)20)11(7-10)14(18)16-12-4-2-3-9(12)8-15;/h5-7,9,12H,2-4,8,15H2,1H3,(H,16,18);1H. The summed E-state index contributed by atoms with van der Waals surface area (Å²) in [5, 5.41) is 14.0. The molecule has 1 saturated carbocycles. The van der Waals surface area contributed by atoms with Crippen molar-refractivity contribution < 1.29 is 9.72 Å². The molecule has 1 aromatic carbocycles. The molecular formula is C14H20ClN3O3S. The number of nitrogens with zero attached hydrogens (tertiary/aromatic N) is 1. The Hall–Kier alpha value is -1.31. The van der Waals surface area contributed by atoms with Gasteiger partial charge in [0.05, 0.1) is 4.92 Å². The molecule has 0 bridgehead atoms. The predicted octanol–water partition coefficient (Wildman–Crippen LogP) is 2.60. The summed E-state index contributed by atoms with van der Waals surface area (Å²) in [6.07, 6.45) is 4.77. The molecule has 0 heterocycles. The minimum Gasteiger partial charge on any atom is -0.349 e. The Morgan fingerprint density at radius 1 is 1.50 bits per heavy atom. The van der Waals surface area contributed by atoms with Crippen LogP contribution < -0.4 is 11.1 Å². The van der Waals surface area contributed by atoms with E-state index in [0.29, 0.717) is 6.54 Å². The number of amides is 1. The van der Waals surface area contributed by atoms with Crippen molar-refractivity contribution in [3.63, 3.8) is 0 Å². The normalized spacial score (nSPS) is 20.3. The minimum absolute atomic E-state index is 0. The van der Waals surface area contributed by atoms with E-state index in [2.05, 4.69) is 5.32 Å². The highest BCUT2D eigenvalue weighted by molar-refractivity contribution is 7.98. The first-order valence-electron chi connectivity index (χ1n) is 6.90. The number of benzene rings is 1. The molecule has 122 valence electrons. The van der Waals surface area contributed by atoms with E-state index in [-0.39, 0.29) is 41.5 Å². The minimum atomic E-state index is -0.520. The van der Waals surface area contributed by atoms with E-state index in [1.165, 1.54) is 17.8 Å². The predicted molar refractivity (Wildman–Crippen MR) is 89.8 cm³/mol. The maximum Gasteiger partial charge on any atom is 0.282 e.